The van der Waals surface area contributed by atoms with Crippen molar-refractivity contribution in [2.24, 2.45) is 5.92 Å². The zero-order valence-corrected chi connectivity index (χ0v) is 12.5. The molecule has 0 aliphatic rings. The van der Waals surface area contributed by atoms with E-state index in [4.69, 9.17) is 9.15 Å². The minimum absolute atomic E-state index is 0.245. The highest BCUT2D eigenvalue weighted by Crippen LogP contribution is 2.21. The third-order valence-electron chi connectivity index (χ3n) is 2.70. The highest BCUT2D eigenvalue weighted by Gasteiger charge is 2.09. The van der Waals surface area contributed by atoms with E-state index in [1.165, 1.54) is 0 Å². The molecule has 0 bridgehead atoms. The van der Waals surface area contributed by atoms with Crippen molar-refractivity contribution in [1.82, 2.24) is 20.1 Å². The number of hydrogen-bond acceptors (Lipinski definition) is 5. The maximum absolute atomic E-state index is 5.53. The van der Waals surface area contributed by atoms with Gasteiger partial charge in [-0.25, -0.2) is 0 Å². The van der Waals surface area contributed by atoms with Crippen LogP contribution in [0.1, 0.15) is 39.4 Å². The van der Waals surface area contributed by atoms with E-state index >= 15 is 0 Å². The lowest BCUT2D eigenvalue weighted by molar-refractivity contribution is 0.330. The van der Waals surface area contributed by atoms with E-state index in [0.29, 0.717) is 24.3 Å². The average molecular weight is 278 g/mol. The fourth-order valence-corrected chi connectivity index (χ4v) is 1.66. The molecule has 0 radical (unpaired) electrons. The smallest absolute Gasteiger partial charge is 0.399 e. The molecule has 20 heavy (non-hydrogen) atoms. The summed E-state index contributed by atoms with van der Waals surface area (Å²) >= 11 is 0. The molecule has 0 atom stereocenters. The predicted octanol–water partition coefficient (Wildman–Crippen LogP) is 2.99. The van der Waals surface area contributed by atoms with Gasteiger partial charge in [-0.3, -0.25) is 4.68 Å². The third-order valence-corrected chi connectivity index (χ3v) is 2.70. The van der Waals surface area contributed by atoms with Gasteiger partial charge >= 0.3 is 6.08 Å². The van der Waals surface area contributed by atoms with Crippen molar-refractivity contribution in [2.75, 3.05) is 6.54 Å². The fourth-order valence-electron chi connectivity index (χ4n) is 1.66. The summed E-state index contributed by atoms with van der Waals surface area (Å²) in [5, 5.41) is 7.50. The van der Waals surface area contributed by atoms with E-state index in [-0.39, 0.29) is 6.08 Å². The number of oxazole rings is 1. The van der Waals surface area contributed by atoms with Gasteiger partial charge in [0.2, 0.25) is 0 Å². The molecule has 2 rings (SSSR count). The second kappa shape index (κ2) is 6.56. The van der Waals surface area contributed by atoms with Gasteiger partial charge in [0, 0.05) is 12.6 Å². The van der Waals surface area contributed by atoms with Crippen molar-refractivity contribution in [1.29, 1.82) is 0 Å². The molecule has 110 valence electrons. The summed E-state index contributed by atoms with van der Waals surface area (Å²) in [5.74, 6) is 1.24. The molecule has 0 fully saturated rings. The third kappa shape index (κ3) is 4.09. The largest absolute Gasteiger partial charge is 0.417 e. The fraction of sp³-hybridized carbons (Fsp3) is 0.571. The van der Waals surface area contributed by atoms with E-state index in [9.17, 15) is 0 Å². The lowest BCUT2D eigenvalue weighted by atomic mass is 10.2. The van der Waals surface area contributed by atoms with Crippen LogP contribution >= 0.6 is 0 Å². The number of hydrogen-bond donors (Lipinski definition) is 1. The van der Waals surface area contributed by atoms with Crippen LogP contribution in [-0.2, 0) is 6.54 Å². The number of nitrogens with one attached hydrogen (secondary N) is 1. The van der Waals surface area contributed by atoms with Gasteiger partial charge in [-0.05, 0) is 26.3 Å². The number of aromatic nitrogens is 3. The van der Waals surface area contributed by atoms with E-state index in [1.807, 2.05) is 10.9 Å². The summed E-state index contributed by atoms with van der Waals surface area (Å²) in [6, 6.07) is 0.299. The Morgan fingerprint density at radius 2 is 2.15 bits per heavy atom. The Hall–Kier alpha value is -1.82. The second-order valence-corrected chi connectivity index (χ2v) is 5.48. The predicted molar refractivity (Wildman–Crippen MR) is 75.7 cm³/mol. The van der Waals surface area contributed by atoms with Crippen LogP contribution < -0.4 is 10.1 Å². The molecule has 0 saturated carbocycles. The highest BCUT2D eigenvalue weighted by atomic mass is 16.6. The summed E-state index contributed by atoms with van der Waals surface area (Å²) in [4.78, 5) is 4.27. The van der Waals surface area contributed by atoms with Crippen LogP contribution in [0.2, 0.25) is 0 Å². The summed E-state index contributed by atoms with van der Waals surface area (Å²) < 4.78 is 12.6. The van der Waals surface area contributed by atoms with Crippen molar-refractivity contribution >= 4 is 0 Å². The number of rotatable bonds is 7. The molecule has 0 unspecified atom stereocenters. The van der Waals surface area contributed by atoms with E-state index in [1.54, 1.807) is 12.5 Å². The molecule has 0 amide bonds. The Morgan fingerprint density at radius 1 is 1.35 bits per heavy atom. The Kier molecular flexibility index (Phi) is 4.79. The summed E-state index contributed by atoms with van der Waals surface area (Å²) in [6.07, 6.45) is 5.33. The summed E-state index contributed by atoms with van der Waals surface area (Å²) in [7, 11) is 0. The molecular weight excluding hydrogens is 256 g/mol. The number of nitrogens with zero attached hydrogens (tertiary/aromatic N) is 3. The average Bonchev–Trinajstić information content (AvgIpc) is 2.99. The van der Waals surface area contributed by atoms with Gasteiger partial charge in [0.25, 0.3) is 0 Å². The lowest BCUT2D eigenvalue weighted by Crippen LogP contribution is -2.19. The summed E-state index contributed by atoms with van der Waals surface area (Å²) in [6.45, 7) is 10.1. The molecule has 0 saturated heterocycles. The highest BCUT2D eigenvalue weighted by molar-refractivity contribution is 5.16. The molecule has 0 spiro atoms. The van der Waals surface area contributed by atoms with E-state index in [0.717, 1.165) is 12.2 Å². The van der Waals surface area contributed by atoms with Crippen LogP contribution in [0.15, 0.2) is 23.1 Å². The first-order valence-corrected chi connectivity index (χ1v) is 6.91. The van der Waals surface area contributed by atoms with Gasteiger partial charge in [-0.1, -0.05) is 13.8 Å². The Balaban J connectivity index is 1.88. The van der Waals surface area contributed by atoms with Crippen LogP contribution in [0.5, 0.6) is 11.8 Å². The van der Waals surface area contributed by atoms with Crippen molar-refractivity contribution in [3.63, 3.8) is 0 Å². The van der Waals surface area contributed by atoms with E-state index in [2.05, 4.69) is 43.1 Å². The second-order valence-electron chi connectivity index (χ2n) is 5.48. The number of ether oxygens (including phenoxy) is 1. The zero-order valence-electron chi connectivity index (χ0n) is 12.5. The SMILES string of the molecule is CC(C)CNCc1coc(Oc2cnn(C(C)C)c2)n1. The van der Waals surface area contributed by atoms with Gasteiger partial charge in [-0.2, -0.15) is 10.1 Å². The molecule has 2 aromatic rings. The van der Waals surface area contributed by atoms with Crippen LogP contribution in [0, 0.1) is 5.92 Å². The molecule has 0 aliphatic carbocycles. The van der Waals surface area contributed by atoms with Gasteiger partial charge in [-0.15, -0.1) is 0 Å². The lowest BCUT2D eigenvalue weighted by Gasteiger charge is -2.04. The quantitative estimate of drug-likeness (QED) is 0.843. The van der Waals surface area contributed by atoms with Gasteiger partial charge in [0.1, 0.15) is 6.26 Å². The topological polar surface area (TPSA) is 65.1 Å². The van der Waals surface area contributed by atoms with Crippen molar-refractivity contribution in [3.8, 4) is 11.8 Å². The first-order chi connectivity index (χ1) is 9.54. The van der Waals surface area contributed by atoms with Crippen molar-refractivity contribution in [2.45, 2.75) is 40.3 Å². The normalized spacial score (nSPS) is 11.5. The standard InChI is InChI=1S/C14H22N4O2/c1-10(2)5-15-6-12-9-19-14(17-12)20-13-7-16-18(8-13)11(3)4/h7-11,15H,5-6H2,1-4H3. The molecule has 0 aliphatic heterocycles. The Morgan fingerprint density at radius 3 is 2.80 bits per heavy atom. The molecule has 6 heteroatoms. The van der Waals surface area contributed by atoms with Gasteiger partial charge < -0.3 is 14.5 Å². The first-order valence-electron chi connectivity index (χ1n) is 6.91. The first kappa shape index (κ1) is 14.6. The Bertz CT molecular complexity index is 531. The zero-order chi connectivity index (χ0) is 14.5. The maximum Gasteiger partial charge on any atom is 0.399 e. The van der Waals surface area contributed by atoms with Crippen LogP contribution in [0.3, 0.4) is 0 Å². The van der Waals surface area contributed by atoms with E-state index < -0.39 is 0 Å². The van der Waals surface area contributed by atoms with Crippen molar-refractivity contribution < 1.29 is 9.15 Å². The maximum atomic E-state index is 5.53. The molecule has 0 aromatic carbocycles. The van der Waals surface area contributed by atoms with Gasteiger partial charge in [0.15, 0.2) is 5.75 Å². The minimum atomic E-state index is 0.245. The monoisotopic (exact) mass is 278 g/mol. The molecule has 2 aromatic heterocycles. The van der Waals surface area contributed by atoms with Crippen LogP contribution in [0.4, 0.5) is 0 Å². The Labute approximate surface area is 119 Å². The van der Waals surface area contributed by atoms with Crippen molar-refractivity contribution in [3.05, 3.63) is 24.4 Å². The van der Waals surface area contributed by atoms with Gasteiger partial charge in [0.05, 0.1) is 18.1 Å². The minimum Gasteiger partial charge on any atom is -0.417 e. The molecule has 6 nitrogen and oxygen atoms in total. The van der Waals surface area contributed by atoms with Crippen LogP contribution in [0.25, 0.3) is 0 Å². The molecule has 1 N–H and O–H groups in total. The molecule has 2 heterocycles. The summed E-state index contributed by atoms with van der Waals surface area (Å²) in [5.41, 5.74) is 0.830. The van der Waals surface area contributed by atoms with Crippen LogP contribution in [-0.4, -0.2) is 21.3 Å². The molecular formula is C14H22N4O2.